The highest BCUT2D eigenvalue weighted by Crippen LogP contribution is 2.34. The van der Waals surface area contributed by atoms with Gasteiger partial charge in [-0.25, -0.2) is 4.79 Å². The first-order valence-corrected chi connectivity index (χ1v) is 7.36. The maximum absolute atomic E-state index is 12.0. The van der Waals surface area contributed by atoms with Crippen molar-refractivity contribution in [1.29, 1.82) is 0 Å². The van der Waals surface area contributed by atoms with Gasteiger partial charge in [-0.2, -0.15) is 0 Å². The van der Waals surface area contributed by atoms with Crippen LogP contribution < -0.4 is 0 Å². The van der Waals surface area contributed by atoms with Gasteiger partial charge in [0.1, 0.15) is 0 Å². The smallest absolute Gasteiger partial charge is 0.338 e. The number of hydrogen-bond acceptors (Lipinski definition) is 2. The van der Waals surface area contributed by atoms with Gasteiger partial charge in [0, 0.05) is 4.47 Å². The van der Waals surface area contributed by atoms with E-state index in [0.717, 1.165) is 26.4 Å². The molecular formula is C18H13BrO2. The van der Waals surface area contributed by atoms with E-state index in [2.05, 4.69) is 28.1 Å². The number of esters is 1. The summed E-state index contributed by atoms with van der Waals surface area (Å²) < 4.78 is 5.93. The van der Waals surface area contributed by atoms with E-state index in [9.17, 15) is 4.79 Å². The summed E-state index contributed by atoms with van der Waals surface area (Å²) in [5.41, 5.74) is 2.48. The van der Waals surface area contributed by atoms with Crippen molar-refractivity contribution >= 4 is 32.7 Å². The molecule has 3 rings (SSSR count). The summed E-state index contributed by atoms with van der Waals surface area (Å²) in [6.45, 7) is 0. The first-order valence-electron chi connectivity index (χ1n) is 6.57. The number of carbonyl (C=O) groups is 1. The summed E-state index contributed by atoms with van der Waals surface area (Å²) in [7, 11) is 1.40. The third-order valence-corrected chi connectivity index (χ3v) is 4.18. The maximum Gasteiger partial charge on any atom is 0.338 e. The van der Waals surface area contributed by atoms with E-state index >= 15 is 0 Å². The molecule has 3 aromatic carbocycles. The van der Waals surface area contributed by atoms with Gasteiger partial charge in [0.15, 0.2) is 0 Å². The molecule has 0 heterocycles. The van der Waals surface area contributed by atoms with Crippen LogP contribution in [0.4, 0.5) is 0 Å². The summed E-state index contributed by atoms with van der Waals surface area (Å²) in [6.07, 6.45) is 0. The molecule has 2 nitrogen and oxygen atoms in total. The molecule has 0 bridgehead atoms. The fourth-order valence-corrected chi connectivity index (χ4v) is 3.01. The lowest BCUT2D eigenvalue weighted by atomic mass is 9.95. The Hall–Kier alpha value is -2.13. The van der Waals surface area contributed by atoms with Crippen molar-refractivity contribution in [3.8, 4) is 11.1 Å². The zero-order chi connectivity index (χ0) is 14.8. The fraction of sp³-hybridized carbons (Fsp3) is 0.0556. The van der Waals surface area contributed by atoms with E-state index in [-0.39, 0.29) is 5.97 Å². The minimum absolute atomic E-state index is 0.322. The summed E-state index contributed by atoms with van der Waals surface area (Å²) in [4.78, 5) is 12.0. The van der Waals surface area contributed by atoms with E-state index in [1.54, 1.807) is 6.07 Å². The molecule has 0 saturated heterocycles. The number of fused-ring (bicyclic) bond motifs is 1. The van der Waals surface area contributed by atoms with Crippen LogP contribution in [0.2, 0.25) is 0 Å². The third-order valence-electron chi connectivity index (χ3n) is 3.49. The number of halogens is 1. The third kappa shape index (κ3) is 2.45. The van der Waals surface area contributed by atoms with Crippen LogP contribution in [0.5, 0.6) is 0 Å². The summed E-state index contributed by atoms with van der Waals surface area (Å²) in [5, 5.41) is 2.22. The Morgan fingerprint density at radius 1 is 0.857 bits per heavy atom. The number of benzene rings is 3. The van der Waals surface area contributed by atoms with Gasteiger partial charge in [0.25, 0.3) is 0 Å². The molecule has 104 valence electrons. The minimum Gasteiger partial charge on any atom is -0.465 e. The molecule has 0 saturated carbocycles. The Labute approximate surface area is 131 Å². The maximum atomic E-state index is 12.0. The van der Waals surface area contributed by atoms with Crippen LogP contribution in [0.3, 0.4) is 0 Å². The van der Waals surface area contributed by atoms with Gasteiger partial charge in [0.2, 0.25) is 0 Å². The normalized spacial score (nSPS) is 10.6. The molecule has 0 amide bonds. The lowest BCUT2D eigenvalue weighted by Gasteiger charge is -2.11. The highest BCUT2D eigenvalue weighted by atomic mass is 79.9. The average molecular weight is 341 g/mol. The van der Waals surface area contributed by atoms with E-state index < -0.39 is 0 Å². The molecule has 0 aliphatic carbocycles. The molecule has 0 spiro atoms. The Morgan fingerprint density at radius 3 is 2.33 bits per heavy atom. The molecule has 21 heavy (non-hydrogen) atoms. The molecule has 0 fully saturated rings. The van der Waals surface area contributed by atoms with Crippen molar-refractivity contribution in [2.45, 2.75) is 0 Å². The fourth-order valence-electron chi connectivity index (χ4n) is 2.51. The number of rotatable bonds is 2. The minimum atomic E-state index is -0.322. The Kier molecular flexibility index (Phi) is 3.76. The highest BCUT2D eigenvalue weighted by molar-refractivity contribution is 9.10. The quantitative estimate of drug-likeness (QED) is 0.609. The lowest BCUT2D eigenvalue weighted by molar-refractivity contribution is 0.0601. The van der Waals surface area contributed by atoms with Crippen molar-refractivity contribution in [3.05, 3.63) is 70.7 Å². The predicted molar refractivity (Wildman–Crippen MR) is 88.4 cm³/mol. The zero-order valence-electron chi connectivity index (χ0n) is 11.5. The molecule has 0 atom stereocenters. The van der Waals surface area contributed by atoms with E-state index in [1.165, 1.54) is 7.11 Å². The van der Waals surface area contributed by atoms with Crippen molar-refractivity contribution in [2.75, 3.05) is 7.11 Å². The second-order valence-electron chi connectivity index (χ2n) is 4.68. The summed E-state index contributed by atoms with van der Waals surface area (Å²) in [5.74, 6) is -0.322. The van der Waals surface area contributed by atoms with Crippen molar-refractivity contribution in [1.82, 2.24) is 0 Å². The van der Waals surface area contributed by atoms with Gasteiger partial charge in [-0.1, -0.05) is 64.5 Å². The van der Waals surface area contributed by atoms with Gasteiger partial charge in [-0.15, -0.1) is 0 Å². The van der Waals surface area contributed by atoms with Crippen LogP contribution in [0, 0.1) is 0 Å². The number of carbonyl (C=O) groups excluding carboxylic acids is 1. The number of ether oxygens (including phenoxy) is 1. The Bertz CT molecular complexity index is 824. The van der Waals surface area contributed by atoms with E-state index in [0.29, 0.717) is 5.56 Å². The van der Waals surface area contributed by atoms with Crippen LogP contribution in [0.25, 0.3) is 21.9 Å². The van der Waals surface area contributed by atoms with Crippen molar-refractivity contribution < 1.29 is 9.53 Å². The largest absolute Gasteiger partial charge is 0.465 e. The molecule has 3 heteroatoms. The molecule has 3 aromatic rings. The van der Waals surface area contributed by atoms with Crippen LogP contribution in [-0.4, -0.2) is 13.1 Å². The highest BCUT2D eigenvalue weighted by Gasteiger charge is 2.14. The number of hydrogen-bond donors (Lipinski definition) is 0. The van der Waals surface area contributed by atoms with Gasteiger partial charge < -0.3 is 4.74 Å². The molecule has 0 aliphatic rings. The number of methoxy groups -OCH3 is 1. The first-order chi connectivity index (χ1) is 10.2. The van der Waals surface area contributed by atoms with Crippen molar-refractivity contribution in [3.63, 3.8) is 0 Å². The molecule has 0 aliphatic heterocycles. The zero-order valence-corrected chi connectivity index (χ0v) is 13.1. The van der Waals surface area contributed by atoms with Crippen LogP contribution >= 0.6 is 15.9 Å². The van der Waals surface area contributed by atoms with Crippen LogP contribution in [0.1, 0.15) is 10.4 Å². The van der Waals surface area contributed by atoms with Crippen LogP contribution in [0.15, 0.2) is 65.1 Å². The molecule has 0 unspecified atom stereocenters. The Morgan fingerprint density at radius 2 is 1.52 bits per heavy atom. The standard InChI is InChI=1S/C18H13BrO2/c1-21-18(20)16-7-3-2-6-14(16)12-8-4-10-15-13(12)9-5-11-17(15)19/h2-11H,1H3. The van der Waals surface area contributed by atoms with Gasteiger partial charge in [-0.05, 0) is 34.0 Å². The Balaban J connectivity index is 2.32. The molecular weight excluding hydrogens is 328 g/mol. The van der Waals surface area contributed by atoms with E-state index in [1.807, 2.05) is 42.5 Å². The molecule has 0 radical (unpaired) electrons. The SMILES string of the molecule is COC(=O)c1ccccc1-c1cccc2c(Br)cccc12. The molecule has 0 N–H and O–H groups in total. The van der Waals surface area contributed by atoms with E-state index in [4.69, 9.17) is 4.74 Å². The molecule has 0 aromatic heterocycles. The first kappa shape index (κ1) is 13.8. The predicted octanol–water partition coefficient (Wildman–Crippen LogP) is 5.06. The topological polar surface area (TPSA) is 26.3 Å². The summed E-state index contributed by atoms with van der Waals surface area (Å²) in [6, 6.07) is 19.7. The second kappa shape index (κ2) is 5.70. The monoisotopic (exact) mass is 340 g/mol. The van der Waals surface area contributed by atoms with Gasteiger partial charge >= 0.3 is 5.97 Å². The van der Waals surface area contributed by atoms with Gasteiger partial charge in [-0.3, -0.25) is 0 Å². The second-order valence-corrected chi connectivity index (χ2v) is 5.53. The van der Waals surface area contributed by atoms with Crippen molar-refractivity contribution in [2.24, 2.45) is 0 Å². The summed E-state index contributed by atoms with van der Waals surface area (Å²) >= 11 is 3.57. The lowest BCUT2D eigenvalue weighted by Crippen LogP contribution is -2.03. The average Bonchev–Trinajstić information content (AvgIpc) is 2.54. The van der Waals surface area contributed by atoms with Crippen LogP contribution in [-0.2, 0) is 4.74 Å². The van der Waals surface area contributed by atoms with Gasteiger partial charge in [0.05, 0.1) is 12.7 Å².